The Morgan fingerprint density at radius 3 is 2.58 bits per heavy atom. The van der Waals surface area contributed by atoms with Crippen molar-refractivity contribution < 1.29 is 37.7 Å². The van der Waals surface area contributed by atoms with Gasteiger partial charge in [0, 0.05) is 60.0 Å². The number of nitrogens with one attached hydrogen (secondary N) is 1. The minimum absolute atomic E-state index is 0.0138. The molecule has 1 amide bonds. The maximum Gasteiger partial charge on any atom is 0.226 e. The second-order valence-corrected chi connectivity index (χ2v) is 21.7. The molecule has 0 spiro atoms. The molecule has 4 heterocycles. The fourth-order valence-corrected chi connectivity index (χ4v) is 13.5. The smallest absolute Gasteiger partial charge is 0.226 e. The van der Waals surface area contributed by atoms with E-state index in [0.717, 1.165) is 37.2 Å². The molecule has 3 fully saturated rings. The third-order valence-corrected chi connectivity index (χ3v) is 17.0. The molecule has 2 aromatic heterocycles. The summed E-state index contributed by atoms with van der Waals surface area (Å²) in [5.74, 6) is -1.04. The SMILES string of the molecule is CCCC(=O)C[C@H]1CCCCCCC[C@@H]2C[C@@]2(P(=O)(O)Cc2c(C)cccc2F)CC(=O)[C@@H]2C[C@@H](Oc3cc(-c4csc(NC(C)C)n4)nc4c(Cl)c(OC)ccc34)CN2C1=O. The van der Waals surface area contributed by atoms with Gasteiger partial charge in [0.05, 0.1) is 42.2 Å². The van der Waals surface area contributed by atoms with Gasteiger partial charge in [-0.05, 0) is 76.1 Å². The van der Waals surface area contributed by atoms with Crippen molar-refractivity contribution in [2.45, 2.75) is 141 Å². The number of pyridine rings is 1. The highest BCUT2D eigenvalue weighted by Crippen LogP contribution is 2.75. The predicted octanol–water partition coefficient (Wildman–Crippen LogP) is 10.9. The van der Waals surface area contributed by atoms with E-state index in [1.165, 1.54) is 24.5 Å². The van der Waals surface area contributed by atoms with E-state index >= 15 is 4.39 Å². The van der Waals surface area contributed by atoms with Gasteiger partial charge in [-0.25, -0.2) is 14.4 Å². The number of fused-ring (bicyclic) bond motifs is 3. The number of hydrogen-bond donors (Lipinski definition) is 2. The van der Waals surface area contributed by atoms with E-state index in [1.807, 2.05) is 32.2 Å². The summed E-state index contributed by atoms with van der Waals surface area (Å²) in [7, 11) is -2.65. The molecule has 334 valence electrons. The van der Waals surface area contributed by atoms with E-state index in [4.69, 9.17) is 31.0 Å². The lowest BCUT2D eigenvalue weighted by atomic mass is 9.92. The first-order valence-electron chi connectivity index (χ1n) is 22.1. The first kappa shape index (κ1) is 46.1. The van der Waals surface area contributed by atoms with E-state index in [2.05, 4.69) is 5.32 Å². The third kappa shape index (κ3) is 9.91. The van der Waals surface area contributed by atoms with Gasteiger partial charge in [0.25, 0.3) is 0 Å². The molecule has 11 nitrogen and oxygen atoms in total. The molecule has 4 aromatic rings. The average molecular weight is 910 g/mol. The van der Waals surface area contributed by atoms with Crippen LogP contribution in [0.15, 0.2) is 41.8 Å². The topological polar surface area (TPSA) is 148 Å². The Balaban J connectivity index is 1.26. The molecule has 0 radical (unpaired) electrons. The molecule has 3 aliphatic rings. The van der Waals surface area contributed by atoms with Crippen LogP contribution in [0.2, 0.25) is 5.02 Å². The highest BCUT2D eigenvalue weighted by Gasteiger charge is 2.65. The molecule has 2 aliphatic heterocycles. The number of aryl methyl sites for hydroxylation is 1. The normalized spacial score (nSPS) is 24.5. The standard InChI is InChI=1S/C47H59ClFN4O7PS/c1-6-13-32(54)20-30-15-10-8-7-9-11-16-31-23-47(31,61(57,58)26-35-29(4)14-12-17-36(35)49)24-40(55)39-21-33(25-53(39)45(30)56)60-42-22-37(38-27-62-46(52-38)50-28(2)3)51-44-34(42)18-19-41(59-5)43(44)48/h12,14,17-19,22,27-28,30-31,33,39H,6-11,13,15-16,20-21,23-26H2,1-5H3,(H,50,52)(H,57,58)/t30-,31-,33-,39+,47-/m1/s1. The zero-order chi connectivity index (χ0) is 44.3. The molecule has 2 saturated heterocycles. The zero-order valence-corrected chi connectivity index (χ0v) is 38.9. The molecule has 15 heteroatoms. The van der Waals surface area contributed by atoms with Crippen molar-refractivity contribution in [3.05, 3.63) is 63.7 Å². The van der Waals surface area contributed by atoms with Gasteiger partial charge in [-0.15, -0.1) is 11.3 Å². The lowest BCUT2D eigenvalue weighted by Gasteiger charge is -2.30. The van der Waals surface area contributed by atoms with E-state index < -0.39 is 36.4 Å². The van der Waals surface area contributed by atoms with Crippen molar-refractivity contribution in [2.75, 3.05) is 19.0 Å². The predicted molar refractivity (Wildman–Crippen MR) is 243 cm³/mol. The number of rotatable bonds is 13. The van der Waals surface area contributed by atoms with Gasteiger partial charge in [-0.2, -0.15) is 0 Å². The Morgan fingerprint density at radius 2 is 1.85 bits per heavy atom. The molecule has 1 unspecified atom stereocenters. The van der Waals surface area contributed by atoms with E-state index in [9.17, 15) is 23.8 Å². The van der Waals surface area contributed by atoms with Crippen LogP contribution in [0.1, 0.15) is 115 Å². The van der Waals surface area contributed by atoms with Gasteiger partial charge in [-0.1, -0.05) is 62.8 Å². The van der Waals surface area contributed by atoms with Gasteiger partial charge < -0.3 is 24.6 Å². The Kier molecular flexibility index (Phi) is 14.5. The first-order chi connectivity index (χ1) is 29.6. The van der Waals surface area contributed by atoms with Crippen LogP contribution in [0.3, 0.4) is 0 Å². The number of ether oxygens (including phenoxy) is 2. The first-order valence-corrected chi connectivity index (χ1v) is 25.2. The summed E-state index contributed by atoms with van der Waals surface area (Å²) in [6, 6.07) is 9.15. The van der Waals surface area contributed by atoms with Crippen LogP contribution in [0.25, 0.3) is 22.3 Å². The second kappa shape index (κ2) is 19.5. The van der Waals surface area contributed by atoms with Gasteiger partial charge in [-0.3, -0.25) is 18.9 Å². The number of carbonyl (C=O) groups is 3. The molecule has 1 aliphatic carbocycles. The number of ketones is 2. The number of aromatic nitrogens is 2. The van der Waals surface area contributed by atoms with Crippen molar-refractivity contribution in [1.82, 2.24) is 14.9 Å². The van der Waals surface area contributed by atoms with Crippen LogP contribution < -0.4 is 14.8 Å². The van der Waals surface area contributed by atoms with Crippen molar-refractivity contribution in [3.8, 4) is 22.9 Å². The largest absolute Gasteiger partial charge is 0.495 e. The highest BCUT2D eigenvalue weighted by molar-refractivity contribution is 7.59. The van der Waals surface area contributed by atoms with Crippen LogP contribution in [0.5, 0.6) is 11.5 Å². The minimum Gasteiger partial charge on any atom is -0.495 e. The third-order valence-electron chi connectivity index (χ3n) is 13.0. The number of methoxy groups -OCH3 is 1. The number of amides is 1. The molecule has 1 saturated carbocycles. The zero-order valence-electron chi connectivity index (χ0n) is 36.4. The lowest BCUT2D eigenvalue weighted by Crippen LogP contribution is -2.45. The van der Waals surface area contributed by atoms with Gasteiger partial charge in [0.15, 0.2) is 10.9 Å². The number of halogens is 2. The number of hydrogen-bond acceptors (Lipinski definition) is 10. The average Bonchev–Trinajstić information content (AvgIpc) is 3.50. The maximum absolute atomic E-state index is 15.2. The summed E-state index contributed by atoms with van der Waals surface area (Å²) in [5, 5.41) is 5.62. The molecule has 2 aromatic carbocycles. The molecule has 62 heavy (non-hydrogen) atoms. The van der Waals surface area contributed by atoms with Crippen LogP contribution in [0.4, 0.5) is 9.52 Å². The molecule has 0 bridgehead atoms. The second-order valence-electron chi connectivity index (χ2n) is 17.9. The Hall–Kier alpha value is -3.90. The summed E-state index contributed by atoms with van der Waals surface area (Å²) < 4.78 is 42.3. The quantitative estimate of drug-likeness (QED) is 0.124. The van der Waals surface area contributed by atoms with E-state index in [0.29, 0.717) is 76.5 Å². The van der Waals surface area contributed by atoms with Crippen LogP contribution in [0, 0.1) is 24.6 Å². The maximum atomic E-state index is 15.2. The molecule has 7 rings (SSSR count). The number of carbonyl (C=O) groups excluding carboxylic acids is 3. The molecule has 6 atom stereocenters. The van der Waals surface area contributed by atoms with Gasteiger partial charge in [0.1, 0.15) is 39.9 Å². The summed E-state index contributed by atoms with van der Waals surface area (Å²) in [6.45, 7) is 7.79. The number of anilines is 1. The number of Topliss-reactive ketones (excluding diaryl/α,β-unsaturated/α-hetero) is 2. The minimum atomic E-state index is -4.17. The molecule has 2 N–H and O–H groups in total. The number of benzene rings is 2. The molecular weight excluding hydrogens is 850 g/mol. The van der Waals surface area contributed by atoms with Crippen LogP contribution in [-0.4, -0.2) is 74.2 Å². The fraction of sp³-hybridized carbons (Fsp3) is 0.553. The van der Waals surface area contributed by atoms with Crippen molar-refractivity contribution >= 4 is 63.8 Å². The summed E-state index contributed by atoms with van der Waals surface area (Å²) in [6.07, 6.45) is 5.98. The van der Waals surface area contributed by atoms with Crippen molar-refractivity contribution in [3.63, 3.8) is 0 Å². The summed E-state index contributed by atoms with van der Waals surface area (Å²) in [5.41, 5.74) is 2.33. The van der Waals surface area contributed by atoms with Crippen molar-refractivity contribution in [2.24, 2.45) is 11.8 Å². The van der Waals surface area contributed by atoms with Gasteiger partial charge in [0.2, 0.25) is 13.3 Å². The summed E-state index contributed by atoms with van der Waals surface area (Å²) in [4.78, 5) is 66.2. The molecular formula is C47H59ClFN4O7PS. The Morgan fingerprint density at radius 1 is 1.10 bits per heavy atom. The highest BCUT2D eigenvalue weighted by atomic mass is 35.5. The Bertz CT molecular complexity index is 2340. The van der Waals surface area contributed by atoms with Gasteiger partial charge >= 0.3 is 0 Å². The van der Waals surface area contributed by atoms with E-state index in [-0.39, 0.29) is 67.0 Å². The number of thiazole rings is 1. The van der Waals surface area contributed by atoms with E-state index in [1.54, 1.807) is 36.1 Å². The monoisotopic (exact) mass is 908 g/mol. The Labute approximate surface area is 373 Å². The lowest BCUT2D eigenvalue weighted by molar-refractivity contribution is -0.142. The van der Waals surface area contributed by atoms with Crippen LogP contribution in [-0.2, 0) is 25.1 Å². The van der Waals surface area contributed by atoms with Crippen molar-refractivity contribution in [1.29, 1.82) is 0 Å². The summed E-state index contributed by atoms with van der Waals surface area (Å²) >= 11 is 8.33. The fourth-order valence-electron chi connectivity index (χ4n) is 9.59. The number of nitrogens with zero attached hydrogens (tertiary/aromatic N) is 3. The van der Waals surface area contributed by atoms with Crippen LogP contribution >= 0.6 is 30.3 Å².